The van der Waals surface area contributed by atoms with Gasteiger partial charge in [-0.1, -0.05) is 35.9 Å². The van der Waals surface area contributed by atoms with Crippen LogP contribution in [0.2, 0.25) is 0 Å². The molecule has 0 unspecified atom stereocenters. The maximum atomic E-state index is 5.77. The first-order valence-electron chi connectivity index (χ1n) is 7.44. The molecular weight excluding hydrogens is 256 g/mol. The molecule has 2 N–H and O–H groups in total. The first-order valence-corrected chi connectivity index (χ1v) is 7.44. The van der Waals surface area contributed by atoms with Crippen LogP contribution < -0.4 is 5.73 Å². The fourth-order valence-corrected chi connectivity index (χ4v) is 3.02. The Kier molecular flexibility index (Phi) is 3.56. The number of hydrogen-bond donors (Lipinski definition) is 1. The van der Waals surface area contributed by atoms with Gasteiger partial charge >= 0.3 is 0 Å². The van der Waals surface area contributed by atoms with E-state index in [1.165, 1.54) is 38.9 Å². The number of benzene rings is 2. The lowest BCUT2D eigenvalue weighted by molar-refractivity contribution is 0.800. The second-order valence-corrected chi connectivity index (χ2v) is 5.84. The second-order valence-electron chi connectivity index (χ2n) is 5.84. The average Bonchev–Trinajstić information content (AvgIpc) is 2.72. The fraction of sp³-hybridized carbons (Fsp3) is 0.263. The lowest BCUT2D eigenvalue weighted by Gasteiger charge is -2.10. The Labute approximate surface area is 126 Å². The van der Waals surface area contributed by atoms with Crippen molar-refractivity contribution in [3.05, 3.63) is 70.4 Å². The lowest BCUT2D eigenvalue weighted by Crippen LogP contribution is -2.02. The highest BCUT2D eigenvalue weighted by Gasteiger charge is 2.11. The van der Waals surface area contributed by atoms with Gasteiger partial charge in [0, 0.05) is 29.7 Å². The molecule has 2 aromatic carbocycles. The SMILES string of the molecule is Cc1cccc(Cn2c(C)c(C)c3cc(CN)ccc32)c1. The van der Waals surface area contributed by atoms with Crippen LogP contribution in [-0.4, -0.2) is 4.57 Å². The summed E-state index contributed by atoms with van der Waals surface area (Å²) in [5.74, 6) is 0. The Hall–Kier alpha value is -2.06. The van der Waals surface area contributed by atoms with Crippen molar-refractivity contribution in [1.29, 1.82) is 0 Å². The van der Waals surface area contributed by atoms with E-state index in [1.54, 1.807) is 0 Å². The number of nitrogens with two attached hydrogens (primary N) is 1. The molecule has 0 spiro atoms. The van der Waals surface area contributed by atoms with Gasteiger partial charge in [-0.15, -0.1) is 0 Å². The van der Waals surface area contributed by atoms with Crippen molar-refractivity contribution in [2.24, 2.45) is 5.73 Å². The number of fused-ring (bicyclic) bond motifs is 1. The predicted octanol–water partition coefficient (Wildman–Crippen LogP) is 4.07. The van der Waals surface area contributed by atoms with Gasteiger partial charge in [0.1, 0.15) is 0 Å². The van der Waals surface area contributed by atoms with E-state index in [-0.39, 0.29) is 0 Å². The van der Waals surface area contributed by atoms with E-state index < -0.39 is 0 Å². The Bertz CT molecular complexity index is 797. The monoisotopic (exact) mass is 278 g/mol. The van der Waals surface area contributed by atoms with Gasteiger partial charge in [-0.05, 0) is 49.6 Å². The third-order valence-corrected chi connectivity index (χ3v) is 4.36. The van der Waals surface area contributed by atoms with E-state index in [1.807, 2.05) is 0 Å². The predicted molar refractivity (Wildman–Crippen MR) is 89.6 cm³/mol. The molecular formula is C19H22N2. The number of nitrogens with zero attached hydrogens (tertiary/aromatic N) is 1. The molecule has 0 aliphatic heterocycles. The molecule has 0 saturated heterocycles. The second kappa shape index (κ2) is 5.38. The van der Waals surface area contributed by atoms with Gasteiger partial charge in [0.25, 0.3) is 0 Å². The normalized spacial score (nSPS) is 11.2. The van der Waals surface area contributed by atoms with Crippen LogP contribution in [0.4, 0.5) is 0 Å². The van der Waals surface area contributed by atoms with Crippen molar-refractivity contribution in [2.45, 2.75) is 33.9 Å². The van der Waals surface area contributed by atoms with Crippen molar-refractivity contribution in [1.82, 2.24) is 4.57 Å². The molecule has 0 aliphatic carbocycles. The van der Waals surface area contributed by atoms with Crippen LogP contribution in [0.5, 0.6) is 0 Å². The van der Waals surface area contributed by atoms with Gasteiger partial charge in [-0.25, -0.2) is 0 Å². The third kappa shape index (κ3) is 2.47. The highest BCUT2D eigenvalue weighted by molar-refractivity contribution is 5.86. The van der Waals surface area contributed by atoms with Crippen LogP contribution in [0.3, 0.4) is 0 Å². The van der Waals surface area contributed by atoms with Gasteiger partial charge in [-0.3, -0.25) is 0 Å². The molecule has 0 fully saturated rings. The minimum atomic E-state index is 0.595. The van der Waals surface area contributed by atoms with Crippen LogP contribution in [0.25, 0.3) is 10.9 Å². The van der Waals surface area contributed by atoms with Crippen LogP contribution in [0, 0.1) is 20.8 Å². The number of aryl methyl sites for hydroxylation is 2. The molecule has 1 heterocycles. The number of hydrogen-bond acceptors (Lipinski definition) is 1. The van der Waals surface area contributed by atoms with Crippen molar-refractivity contribution in [2.75, 3.05) is 0 Å². The molecule has 21 heavy (non-hydrogen) atoms. The smallest absolute Gasteiger partial charge is 0.0488 e. The highest BCUT2D eigenvalue weighted by Crippen LogP contribution is 2.27. The van der Waals surface area contributed by atoms with Crippen molar-refractivity contribution in [3.8, 4) is 0 Å². The quantitative estimate of drug-likeness (QED) is 0.769. The minimum Gasteiger partial charge on any atom is -0.340 e. The molecule has 0 radical (unpaired) electrons. The highest BCUT2D eigenvalue weighted by atomic mass is 15.0. The minimum absolute atomic E-state index is 0.595. The Morgan fingerprint density at radius 1 is 0.952 bits per heavy atom. The zero-order chi connectivity index (χ0) is 15.0. The summed E-state index contributed by atoms with van der Waals surface area (Å²) >= 11 is 0. The van der Waals surface area contributed by atoms with E-state index in [4.69, 9.17) is 5.73 Å². The Morgan fingerprint density at radius 3 is 2.48 bits per heavy atom. The molecule has 2 heteroatoms. The molecule has 2 nitrogen and oxygen atoms in total. The number of rotatable bonds is 3. The fourth-order valence-electron chi connectivity index (χ4n) is 3.02. The summed E-state index contributed by atoms with van der Waals surface area (Å²) in [4.78, 5) is 0. The van der Waals surface area contributed by atoms with E-state index in [2.05, 4.69) is 67.8 Å². The molecule has 0 bridgehead atoms. The van der Waals surface area contributed by atoms with Crippen molar-refractivity contribution >= 4 is 10.9 Å². The average molecular weight is 278 g/mol. The van der Waals surface area contributed by atoms with Crippen LogP contribution in [0.1, 0.15) is 27.9 Å². The first kappa shape index (κ1) is 13.9. The summed E-state index contributed by atoms with van der Waals surface area (Å²) in [7, 11) is 0. The van der Waals surface area contributed by atoms with Gasteiger partial charge < -0.3 is 10.3 Å². The Morgan fingerprint density at radius 2 is 1.76 bits per heavy atom. The van der Waals surface area contributed by atoms with Gasteiger partial charge in [0.15, 0.2) is 0 Å². The molecule has 0 saturated carbocycles. The van der Waals surface area contributed by atoms with Crippen molar-refractivity contribution in [3.63, 3.8) is 0 Å². The number of aromatic nitrogens is 1. The van der Waals surface area contributed by atoms with E-state index >= 15 is 0 Å². The Balaban J connectivity index is 2.12. The molecule has 1 aromatic heterocycles. The van der Waals surface area contributed by atoms with Gasteiger partial charge in [0.2, 0.25) is 0 Å². The molecule has 0 atom stereocenters. The largest absolute Gasteiger partial charge is 0.340 e. The van der Waals surface area contributed by atoms with Crippen LogP contribution in [0.15, 0.2) is 42.5 Å². The first-order chi connectivity index (χ1) is 10.1. The molecule has 0 amide bonds. The zero-order valence-electron chi connectivity index (χ0n) is 13.0. The lowest BCUT2D eigenvalue weighted by atomic mass is 10.1. The standard InChI is InChI=1S/C19H22N2/c1-13-5-4-6-17(9-13)12-21-15(3)14(2)18-10-16(11-20)7-8-19(18)21/h4-10H,11-12,20H2,1-3H3. The van der Waals surface area contributed by atoms with Gasteiger partial charge in [0.05, 0.1) is 0 Å². The van der Waals surface area contributed by atoms with E-state index in [9.17, 15) is 0 Å². The molecule has 108 valence electrons. The van der Waals surface area contributed by atoms with E-state index in [0.29, 0.717) is 6.54 Å². The molecule has 3 aromatic rings. The molecule has 3 rings (SSSR count). The summed E-state index contributed by atoms with van der Waals surface area (Å²) in [5.41, 5.74) is 13.6. The van der Waals surface area contributed by atoms with E-state index in [0.717, 1.165) is 6.54 Å². The summed E-state index contributed by atoms with van der Waals surface area (Å²) in [5, 5.41) is 1.32. The maximum Gasteiger partial charge on any atom is 0.0488 e. The van der Waals surface area contributed by atoms with Gasteiger partial charge in [-0.2, -0.15) is 0 Å². The zero-order valence-corrected chi connectivity index (χ0v) is 13.0. The summed E-state index contributed by atoms with van der Waals surface area (Å²) < 4.78 is 2.40. The summed E-state index contributed by atoms with van der Waals surface area (Å²) in [6.45, 7) is 8.05. The third-order valence-electron chi connectivity index (χ3n) is 4.36. The summed E-state index contributed by atoms with van der Waals surface area (Å²) in [6, 6.07) is 15.3. The van der Waals surface area contributed by atoms with Crippen LogP contribution in [-0.2, 0) is 13.1 Å². The summed E-state index contributed by atoms with van der Waals surface area (Å²) in [6.07, 6.45) is 0. The molecule has 0 aliphatic rings. The maximum absolute atomic E-state index is 5.77. The van der Waals surface area contributed by atoms with Crippen molar-refractivity contribution < 1.29 is 0 Å². The topological polar surface area (TPSA) is 30.9 Å². The van der Waals surface area contributed by atoms with Crippen LogP contribution >= 0.6 is 0 Å².